The van der Waals surface area contributed by atoms with E-state index in [4.69, 9.17) is 4.74 Å². The average Bonchev–Trinajstić information content (AvgIpc) is 3.12. The van der Waals surface area contributed by atoms with E-state index in [9.17, 15) is 14.7 Å². The molecule has 0 radical (unpaired) electrons. The molecule has 2 aliphatic carbocycles. The lowest BCUT2D eigenvalue weighted by atomic mass is 10.2. The van der Waals surface area contributed by atoms with Gasteiger partial charge >= 0.3 is 0 Å². The maximum absolute atomic E-state index is 10.8. The second-order valence-corrected chi connectivity index (χ2v) is 8.05. The van der Waals surface area contributed by atoms with Crippen LogP contribution in [0.15, 0.2) is 24.3 Å². The smallest absolute Gasteiger partial charge is 0.165 e. The molecule has 4 rings (SSSR count). The molecule has 1 fully saturated rings. The van der Waals surface area contributed by atoms with E-state index in [-0.39, 0.29) is 6.04 Å². The van der Waals surface area contributed by atoms with Gasteiger partial charge < -0.3 is 29.3 Å². The van der Waals surface area contributed by atoms with Gasteiger partial charge in [0.1, 0.15) is 18.2 Å². The van der Waals surface area contributed by atoms with E-state index in [1.807, 2.05) is 17.6 Å². The topological polar surface area (TPSA) is 134 Å². The number of ether oxygens (including phenoxy) is 1. The van der Waals surface area contributed by atoms with Gasteiger partial charge in [0, 0.05) is 12.5 Å². The summed E-state index contributed by atoms with van der Waals surface area (Å²) in [4.78, 5) is 45.5. The number of hydrogen-bond acceptors (Lipinski definition) is 8. The molecule has 134 valence electrons. The first kappa shape index (κ1) is 16.8. The highest BCUT2D eigenvalue weighted by Gasteiger charge is 2.29. The molecule has 2 aromatic heterocycles. The lowest BCUT2D eigenvalue weighted by Crippen LogP contribution is -2.36. The van der Waals surface area contributed by atoms with E-state index in [1.54, 1.807) is 6.33 Å². The van der Waals surface area contributed by atoms with Gasteiger partial charge in [0.05, 0.1) is 18.5 Å². The van der Waals surface area contributed by atoms with Crippen molar-refractivity contribution in [3.05, 3.63) is 24.3 Å². The Kier molecular flexibility index (Phi) is 4.21. The number of fused-ring (bicyclic) bond motifs is 1. The van der Waals surface area contributed by atoms with Crippen LogP contribution in [-0.4, -0.2) is 38.0 Å². The monoisotopic (exact) mass is 363 g/mol. The fourth-order valence-electron chi connectivity index (χ4n) is 3.08. The number of nitrogens with zero attached hydrogens (tertiary/aromatic N) is 4. The van der Waals surface area contributed by atoms with Gasteiger partial charge in [0.25, 0.3) is 0 Å². The molecule has 0 unspecified atom stereocenters. The second kappa shape index (κ2) is 6.26. The van der Waals surface area contributed by atoms with Gasteiger partial charge in [0.15, 0.2) is 11.5 Å². The van der Waals surface area contributed by atoms with Gasteiger partial charge in [-0.25, -0.2) is 15.0 Å². The maximum Gasteiger partial charge on any atom is 0.165 e. The predicted molar refractivity (Wildman–Crippen MR) is 86.0 cm³/mol. The van der Waals surface area contributed by atoms with Crippen molar-refractivity contribution in [2.45, 2.75) is 44.4 Å². The Labute approximate surface area is 145 Å². The van der Waals surface area contributed by atoms with Crippen LogP contribution in [0.2, 0.25) is 0 Å². The van der Waals surface area contributed by atoms with Crippen LogP contribution < -0.4 is 20.0 Å². The molecule has 25 heavy (non-hydrogen) atoms. The summed E-state index contributed by atoms with van der Waals surface area (Å²) < 4.78 is 7.20. The third-order valence-electron chi connectivity index (χ3n) is 4.49. The van der Waals surface area contributed by atoms with Gasteiger partial charge in [-0.15, -0.1) is 7.94 Å². The summed E-state index contributed by atoms with van der Waals surface area (Å²) in [6, 6.07) is 0.404. The van der Waals surface area contributed by atoms with Crippen LogP contribution in [0.3, 0.4) is 0 Å². The lowest BCUT2D eigenvalue weighted by molar-refractivity contribution is -0.432. The van der Waals surface area contributed by atoms with Crippen LogP contribution in [0.4, 0.5) is 5.82 Å². The molecule has 0 aromatic carbocycles. The van der Waals surface area contributed by atoms with E-state index < -0.39 is 20.4 Å². The largest absolute Gasteiger partial charge is 0.686 e. The van der Waals surface area contributed by atoms with Crippen molar-refractivity contribution in [1.82, 2.24) is 19.5 Å². The molecule has 1 N–H and O–H groups in total. The zero-order valence-electron chi connectivity index (χ0n) is 13.7. The van der Waals surface area contributed by atoms with E-state index >= 15 is 0 Å². The number of nitrogens with one attached hydrogen (secondary N) is 1. The standard InChI is InChI=1S/C15H20N5O4P/c1-9-4-11(5-12(9)24-8-25(21,22)23)20-7-18-13-14(19-10-2-3-10)16-6-17-15(13)20/h4,6-7,10-12H,2-3,5,8H2,1H3,(H,16,17,19)(H2,21,22,23)/p-2/t11-,12-/m1/s1. The van der Waals surface area contributed by atoms with Crippen molar-refractivity contribution in [3.63, 3.8) is 0 Å². The van der Waals surface area contributed by atoms with Crippen molar-refractivity contribution < 1.29 is 19.4 Å². The Hall–Kier alpha value is -1.64. The minimum Gasteiger partial charge on any atom is -0.686 e. The van der Waals surface area contributed by atoms with Crippen molar-refractivity contribution >= 4 is 24.9 Å². The molecule has 2 atom stereocenters. The van der Waals surface area contributed by atoms with Crippen molar-refractivity contribution in [2.75, 3.05) is 11.7 Å². The molecule has 0 amide bonds. The van der Waals surface area contributed by atoms with Crippen LogP contribution in [0, 0.1) is 0 Å². The number of allylic oxidation sites excluding steroid dienone is 1. The Morgan fingerprint density at radius 2 is 2.08 bits per heavy atom. The minimum atomic E-state index is -4.68. The first-order valence-corrected chi connectivity index (χ1v) is 9.88. The molecule has 2 aliphatic rings. The summed E-state index contributed by atoms with van der Waals surface area (Å²) in [5.74, 6) is 0.733. The van der Waals surface area contributed by atoms with Crippen LogP contribution in [0.5, 0.6) is 0 Å². The molecule has 0 spiro atoms. The first-order valence-electron chi connectivity index (χ1n) is 8.16. The number of hydrogen-bond donors (Lipinski definition) is 1. The highest BCUT2D eigenvalue weighted by atomic mass is 31.2. The molecular formula is C15H18N5O4P-2. The molecule has 1 saturated carbocycles. The molecule has 2 aromatic rings. The number of aromatic nitrogens is 4. The second-order valence-electron chi connectivity index (χ2n) is 6.57. The van der Waals surface area contributed by atoms with Gasteiger partial charge in [-0.3, -0.25) is 0 Å². The maximum atomic E-state index is 10.8. The van der Waals surface area contributed by atoms with E-state index in [2.05, 4.69) is 20.3 Å². The van der Waals surface area contributed by atoms with E-state index in [0.717, 1.165) is 24.2 Å². The van der Waals surface area contributed by atoms with Crippen molar-refractivity contribution in [1.29, 1.82) is 0 Å². The normalized spacial score (nSPS) is 23.9. The molecule has 9 nitrogen and oxygen atoms in total. The summed E-state index contributed by atoms with van der Waals surface area (Å²) in [5.41, 5.74) is 2.32. The van der Waals surface area contributed by atoms with Crippen molar-refractivity contribution in [2.24, 2.45) is 0 Å². The van der Waals surface area contributed by atoms with Crippen LogP contribution in [0.25, 0.3) is 11.2 Å². The number of imidazole rings is 1. The lowest BCUT2D eigenvalue weighted by Gasteiger charge is -2.41. The highest BCUT2D eigenvalue weighted by molar-refractivity contribution is 7.53. The Balaban J connectivity index is 1.54. The molecular weight excluding hydrogens is 345 g/mol. The van der Waals surface area contributed by atoms with Gasteiger partial charge in [-0.2, -0.15) is 0 Å². The molecule has 2 heterocycles. The summed E-state index contributed by atoms with van der Waals surface area (Å²) >= 11 is 0. The van der Waals surface area contributed by atoms with Gasteiger partial charge in [-0.1, -0.05) is 6.08 Å². The summed E-state index contributed by atoms with van der Waals surface area (Å²) in [5, 5.41) is 3.35. The summed E-state index contributed by atoms with van der Waals surface area (Å²) in [7, 11) is -4.68. The zero-order chi connectivity index (χ0) is 17.6. The number of rotatable bonds is 6. The highest BCUT2D eigenvalue weighted by Crippen LogP contribution is 2.36. The van der Waals surface area contributed by atoms with Crippen LogP contribution >= 0.6 is 7.94 Å². The van der Waals surface area contributed by atoms with Crippen LogP contribution in [-0.2, 0) is 4.74 Å². The summed E-state index contributed by atoms with van der Waals surface area (Å²) in [6.45, 7) is 1.86. The minimum absolute atomic E-state index is 0.0589. The quantitative estimate of drug-likeness (QED) is 0.535. The predicted octanol–water partition coefficient (Wildman–Crippen LogP) is -0.522. The first-order chi connectivity index (χ1) is 11.9. The SMILES string of the molecule is CC1=C[C@@H](n2cnc3c(NC4CC4)ncnc32)C[C@H]1OC[P+]([O-])([O-])[O-]. The average molecular weight is 363 g/mol. The zero-order valence-corrected chi connectivity index (χ0v) is 14.6. The molecule has 0 bridgehead atoms. The molecule has 10 heteroatoms. The summed E-state index contributed by atoms with van der Waals surface area (Å²) in [6.07, 6.45) is 6.82. The van der Waals surface area contributed by atoms with Gasteiger partial charge in [-0.05, 0) is 25.3 Å². The third kappa shape index (κ3) is 3.65. The van der Waals surface area contributed by atoms with Crippen molar-refractivity contribution in [3.8, 4) is 0 Å². The van der Waals surface area contributed by atoms with E-state index in [0.29, 0.717) is 23.6 Å². The van der Waals surface area contributed by atoms with Crippen LogP contribution in [0.1, 0.15) is 32.2 Å². The Morgan fingerprint density at radius 3 is 2.80 bits per heavy atom. The Morgan fingerprint density at radius 1 is 1.28 bits per heavy atom. The fraction of sp³-hybridized carbons (Fsp3) is 0.533. The Bertz CT molecular complexity index is 814. The number of anilines is 1. The van der Waals surface area contributed by atoms with Gasteiger partial charge in [0.2, 0.25) is 0 Å². The van der Waals surface area contributed by atoms with E-state index in [1.165, 1.54) is 6.33 Å². The third-order valence-corrected chi connectivity index (χ3v) is 4.95. The fourth-order valence-corrected chi connectivity index (χ4v) is 3.44. The molecule has 0 saturated heterocycles. The molecule has 0 aliphatic heterocycles.